The first-order valence-electron chi connectivity index (χ1n) is 4.93. The Morgan fingerprint density at radius 3 is 2.33 bits per heavy atom. The Labute approximate surface area is 92.5 Å². The van der Waals surface area contributed by atoms with Gasteiger partial charge in [-0.2, -0.15) is 0 Å². The lowest BCUT2D eigenvalue weighted by Crippen LogP contribution is -2.37. The quantitative estimate of drug-likeness (QED) is 0.796. The Morgan fingerprint density at radius 1 is 1.47 bits per heavy atom. The first-order chi connectivity index (χ1) is 6.64. The van der Waals surface area contributed by atoms with Crippen LogP contribution < -0.4 is 0 Å². The van der Waals surface area contributed by atoms with Gasteiger partial charge in [-0.25, -0.2) is 0 Å². The highest BCUT2D eigenvalue weighted by atomic mass is 32.2. The zero-order valence-corrected chi connectivity index (χ0v) is 10.4. The SMILES string of the molecule is CC1(C)CC(S(=O)CC(=O)O)C(C)(C)O1. The number of hydrogen-bond acceptors (Lipinski definition) is 3. The van der Waals surface area contributed by atoms with Crippen LogP contribution in [0, 0.1) is 0 Å². The van der Waals surface area contributed by atoms with E-state index in [1.165, 1.54) is 0 Å². The van der Waals surface area contributed by atoms with E-state index in [4.69, 9.17) is 9.84 Å². The van der Waals surface area contributed by atoms with Gasteiger partial charge in [-0.1, -0.05) is 0 Å². The standard InChI is InChI=1S/C10H18O4S/c1-9(2)5-7(10(3,4)14-9)15(13)6-8(11)12/h7H,5-6H2,1-4H3,(H,11,12). The minimum Gasteiger partial charge on any atom is -0.481 e. The second-order valence-electron chi connectivity index (χ2n) is 5.08. The highest BCUT2D eigenvalue weighted by Crippen LogP contribution is 2.40. The Bertz CT molecular complexity index is 296. The van der Waals surface area contributed by atoms with Crippen molar-refractivity contribution in [3.8, 4) is 0 Å². The maximum absolute atomic E-state index is 11.8. The second kappa shape index (κ2) is 3.87. The number of aliphatic carboxylic acids is 1. The number of hydrogen-bond donors (Lipinski definition) is 1. The van der Waals surface area contributed by atoms with Crippen LogP contribution in [0.5, 0.6) is 0 Å². The molecule has 0 spiro atoms. The number of carboxylic acids is 1. The summed E-state index contributed by atoms with van der Waals surface area (Å²) in [7, 11) is -1.37. The van der Waals surface area contributed by atoms with E-state index in [2.05, 4.69) is 0 Å². The predicted octanol–water partition coefficient (Wildman–Crippen LogP) is 1.17. The molecule has 15 heavy (non-hydrogen) atoms. The molecule has 1 aliphatic heterocycles. The molecule has 0 radical (unpaired) electrons. The average Bonchev–Trinajstić information content (AvgIpc) is 2.17. The van der Waals surface area contributed by atoms with Crippen LogP contribution in [0.1, 0.15) is 34.1 Å². The summed E-state index contributed by atoms with van der Waals surface area (Å²) in [5, 5.41) is 8.41. The topological polar surface area (TPSA) is 63.6 Å². The maximum Gasteiger partial charge on any atom is 0.316 e. The van der Waals surface area contributed by atoms with Crippen molar-refractivity contribution in [3.63, 3.8) is 0 Å². The van der Waals surface area contributed by atoms with Crippen molar-refractivity contribution in [1.29, 1.82) is 0 Å². The minimum atomic E-state index is -1.37. The smallest absolute Gasteiger partial charge is 0.316 e. The molecule has 5 heteroatoms. The van der Waals surface area contributed by atoms with Crippen molar-refractivity contribution in [2.75, 3.05) is 5.75 Å². The normalized spacial score (nSPS) is 30.0. The molecule has 1 N–H and O–H groups in total. The van der Waals surface area contributed by atoms with Gasteiger partial charge in [0.05, 0.1) is 16.5 Å². The largest absolute Gasteiger partial charge is 0.481 e. The van der Waals surface area contributed by atoms with Crippen LogP contribution in [0.25, 0.3) is 0 Å². The number of carboxylic acid groups (broad SMARTS) is 1. The van der Waals surface area contributed by atoms with Gasteiger partial charge in [-0.05, 0) is 34.1 Å². The third-order valence-electron chi connectivity index (χ3n) is 2.57. The van der Waals surface area contributed by atoms with Crippen molar-refractivity contribution in [2.45, 2.75) is 50.6 Å². The monoisotopic (exact) mass is 234 g/mol. The van der Waals surface area contributed by atoms with E-state index < -0.39 is 22.4 Å². The Hall–Kier alpha value is -0.420. The molecule has 1 fully saturated rings. The molecule has 0 aromatic heterocycles. The molecular weight excluding hydrogens is 216 g/mol. The van der Waals surface area contributed by atoms with Gasteiger partial charge in [0.25, 0.3) is 0 Å². The molecule has 0 aliphatic carbocycles. The van der Waals surface area contributed by atoms with Crippen LogP contribution in [0.3, 0.4) is 0 Å². The van der Waals surface area contributed by atoms with Gasteiger partial charge >= 0.3 is 5.97 Å². The molecule has 2 unspecified atom stereocenters. The molecule has 1 aliphatic rings. The highest BCUT2D eigenvalue weighted by molar-refractivity contribution is 7.86. The van der Waals surface area contributed by atoms with Crippen molar-refractivity contribution >= 4 is 16.8 Å². The predicted molar refractivity (Wildman–Crippen MR) is 58.3 cm³/mol. The summed E-state index contributed by atoms with van der Waals surface area (Å²) in [6.07, 6.45) is 0.639. The molecule has 0 aromatic rings. The fraction of sp³-hybridized carbons (Fsp3) is 0.900. The van der Waals surface area contributed by atoms with Crippen LogP contribution in [-0.2, 0) is 20.3 Å². The van der Waals surface area contributed by atoms with Gasteiger partial charge in [0.1, 0.15) is 5.75 Å². The minimum absolute atomic E-state index is 0.205. The summed E-state index contributed by atoms with van der Waals surface area (Å²) in [5.41, 5.74) is -0.827. The van der Waals surface area contributed by atoms with Crippen molar-refractivity contribution in [1.82, 2.24) is 0 Å². The van der Waals surface area contributed by atoms with Crippen LogP contribution >= 0.6 is 0 Å². The zero-order valence-electron chi connectivity index (χ0n) is 9.57. The second-order valence-corrected chi connectivity index (χ2v) is 6.70. The molecule has 88 valence electrons. The first-order valence-corrected chi connectivity index (χ1v) is 6.31. The van der Waals surface area contributed by atoms with Crippen LogP contribution in [-0.4, -0.2) is 37.5 Å². The van der Waals surface area contributed by atoms with Gasteiger partial charge in [0, 0.05) is 10.8 Å². The Balaban J connectivity index is 2.78. The summed E-state index contributed by atoms with van der Waals surface area (Å²) < 4.78 is 17.6. The lowest BCUT2D eigenvalue weighted by molar-refractivity contribution is -0.134. The fourth-order valence-electron chi connectivity index (χ4n) is 2.14. The van der Waals surface area contributed by atoms with Gasteiger partial charge < -0.3 is 9.84 Å². The molecule has 2 atom stereocenters. The molecule has 0 aromatic carbocycles. The summed E-state index contributed by atoms with van der Waals surface area (Å²) >= 11 is 0. The zero-order chi connectivity index (χ0) is 11.9. The highest BCUT2D eigenvalue weighted by Gasteiger charge is 2.48. The van der Waals surface area contributed by atoms with Gasteiger partial charge in [0.2, 0.25) is 0 Å². The van der Waals surface area contributed by atoms with E-state index in [0.29, 0.717) is 6.42 Å². The van der Waals surface area contributed by atoms with E-state index in [9.17, 15) is 9.00 Å². The van der Waals surface area contributed by atoms with E-state index in [1.54, 1.807) is 0 Å². The van der Waals surface area contributed by atoms with E-state index in [0.717, 1.165) is 0 Å². The lowest BCUT2D eigenvalue weighted by atomic mass is 10.0. The lowest BCUT2D eigenvalue weighted by Gasteiger charge is -2.26. The molecule has 4 nitrogen and oxygen atoms in total. The molecule has 1 saturated heterocycles. The van der Waals surface area contributed by atoms with Crippen LogP contribution in [0.4, 0.5) is 0 Å². The fourth-order valence-corrected chi connectivity index (χ4v) is 3.86. The number of carbonyl (C=O) groups is 1. The van der Waals surface area contributed by atoms with E-state index in [1.807, 2.05) is 27.7 Å². The third kappa shape index (κ3) is 3.01. The van der Waals surface area contributed by atoms with Gasteiger partial charge in [0.15, 0.2) is 0 Å². The molecule has 1 heterocycles. The number of ether oxygens (including phenoxy) is 1. The summed E-state index contributed by atoms with van der Waals surface area (Å²) in [5.74, 6) is -1.32. The summed E-state index contributed by atoms with van der Waals surface area (Å²) in [6, 6.07) is 0. The van der Waals surface area contributed by atoms with E-state index in [-0.39, 0.29) is 16.6 Å². The van der Waals surface area contributed by atoms with Crippen molar-refractivity contribution in [3.05, 3.63) is 0 Å². The average molecular weight is 234 g/mol. The maximum atomic E-state index is 11.8. The van der Waals surface area contributed by atoms with E-state index >= 15 is 0 Å². The van der Waals surface area contributed by atoms with Gasteiger partial charge in [-0.15, -0.1) is 0 Å². The molecule has 0 bridgehead atoms. The van der Waals surface area contributed by atoms with Crippen molar-refractivity contribution in [2.24, 2.45) is 0 Å². The molecule has 0 amide bonds. The summed E-state index contributed by atoms with van der Waals surface area (Å²) in [4.78, 5) is 10.5. The first kappa shape index (κ1) is 12.6. The molecule has 1 rings (SSSR count). The Kier molecular flexibility index (Phi) is 3.26. The third-order valence-corrected chi connectivity index (χ3v) is 4.48. The van der Waals surface area contributed by atoms with Crippen LogP contribution in [0.2, 0.25) is 0 Å². The van der Waals surface area contributed by atoms with Crippen LogP contribution in [0.15, 0.2) is 0 Å². The number of rotatable bonds is 3. The Morgan fingerprint density at radius 2 is 2.00 bits per heavy atom. The molecular formula is C10H18O4S. The molecule has 0 saturated carbocycles. The van der Waals surface area contributed by atoms with Gasteiger partial charge in [-0.3, -0.25) is 9.00 Å². The van der Waals surface area contributed by atoms with Crippen molar-refractivity contribution < 1.29 is 18.8 Å². The summed E-state index contributed by atoms with van der Waals surface area (Å²) in [6.45, 7) is 7.61.